The van der Waals surface area contributed by atoms with Crippen molar-refractivity contribution in [1.82, 2.24) is 10.3 Å². The minimum absolute atomic E-state index is 0.234. The Hall–Kier alpha value is -3.61. The number of fused-ring (bicyclic) bond motifs is 1. The number of benzene rings is 2. The number of anilines is 1. The van der Waals surface area contributed by atoms with Crippen LogP contribution >= 0.6 is 0 Å². The first kappa shape index (κ1) is 19.2. The van der Waals surface area contributed by atoms with Crippen LogP contribution in [-0.2, 0) is 20.7 Å². The van der Waals surface area contributed by atoms with Crippen molar-refractivity contribution in [3.05, 3.63) is 65.9 Å². The van der Waals surface area contributed by atoms with Gasteiger partial charge in [0, 0.05) is 23.6 Å². The van der Waals surface area contributed by atoms with Crippen LogP contribution in [-0.4, -0.2) is 36.4 Å². The first-order valence-electron chi connectivity index (χ1n) is 8.87. The molecule has 0 radical (unpaired) electrons. The van der Waals surface area contributed by atoms with Crippen LogP contribution in [0.25, 0.3) is 10.9 Å². The maximum Gasteiger partial charge on any atom is 0.339 e. The molecule has 3 rings (SSSR count). The highest BCUT2D eigenvalue weighted by molar-refractivity contribution is 6.06. The molecule has 0 bridgehead atoms. The van der Waals surface area contributed by atoms with Crippen molar-refractivity contribution < 1.29 is 19.1 Å². The highest BCUT2D eigenvalue weighted by Crippen LogP contribution is 2.18. The van der Waals surface area contributed by atoms with Crippen molar-refractivity contribution in [2.75, 3.05) is 19.0 Å². The lowest BCUT2D eigenvalue weighted by molar-refractivity contribution is -0.126. The molecular formula is C21H21N3O4. The van der Waals surface area contributed by atoms with Gasteiger partial charge in [0.2, 0.25) is 11.8 Å². The van der Waals surface area contributed by atoms with Gasteiger partial charge in [-0.25, -0.2) is 4.79 Å². The standard InChI is InChI=1S/C21H21N3O4/c1-28-21(27)16-7-3-5-9-18(16)24-20(26)12-19(25)22-11-10-14-13-23-17-8-4-2-6-15(14)17/h2-9,13,23H,10-12H2,1H3,(H,22,25)(H,24,26). The monoisotopic (exact) mass is 379 g/mol. The van der Waals surface area contributed by atoms with Crippen LogP contribution in [0.1, 0.15) is 22.3 Å². The van der Waals surface area contributed by atoms with Gasteiger partial charge in [-0.15, -0.1) is 0 Å². The van der Waals surface area contributed by atoms with Gasteiger partial charge in [0.25, 0.3) is 0 Å². The fraction of sp³-hybridized carbons (Fsp3) is 0.190. The smallest absolute Gasteiger partial charge is 0.339 e. The van der Waals surface area contributed by atoms with Gasteiger partial charge in [0.05, 0.1) is 18.4 Å². The molecule has 7 heteroatoms. The number of para-hydroxylation sites is 2. The molecular weight excluding hydrogens is 358 g/mol. The summed E-state index contributed by atoms with van der Waals surface area (Å²) in [6, 6.07) is 14.4. The lowest BCUT2D eigenvalue weighted by Gasteiger charge is -2.10. The van der Waals surface area contributed by atoms with E-state index in [4.69, 9.17) is 0 Å². The second-order valence-electron chi connectivity index (χ2n) is 6.22. The molecule has 144 valence electrons. The van der Waals surface area contributed by atoms with E-state index in [1.807, 2.05) is 30.5 Å². The second kappa shape index (κ2) is 8.85. The van der Waals surface area contributed by atoms with Crippen molar-refractivity contribution in [3.8, 4) is 0 Å². The molecule has 0 fully saturated rings. The van der Waals surface area contributed by atoms with E-state index in [2.05, 4.69) is 20.4 Å². The SMILES string of the molecule is COC(=O)c1ccccc1NC(=O)CC(=O)NCCc1c[nH]c2ccccc12. The summed E-state index contributed by atoms with van der Waals surface area (Å²) in [4.78, 5) is 39.1. The number of aromatic amines is 1. The Bertz CT molecular complexity index is 1010. The molecule has 0 atom stereocenters. The van der Waals surface area contributed by atoms with Crippen molar-refractivity contribution in [3.63, 3.8) is 0 Å². The summed E-state index contributed by atoms with van der Waals surface area (Å²) in [7, 11) is 1.27. The van der Waals surface area contributed by atoms with Gasteiger partial charge in [-0.05, 0) is 30.2 Å². The lowest BCUT2D eigenvalue weighted by Crippen LogP contribution is -2.30. The van der Waals surface area contributed by atoms with Gasteiger partial charge < -0.3 is 20.4 Å². The third-order valence-electron chi connectivity index (χ3n) is 4.32. The number of rotatable bonds is 7. The van der Waals surface area contributed by atoms with Gasteiger partial charge in [0.1, 0.15) is 6.42 Å². The Labute approximate surface area is 162 Å². The predicted molar refractivity (Wildman–Crippen MR) is 106 cm³/mol. The summed E-state index contributed by atoms with van der Waals surface area (Å²) < 4.78 is 4.69. The number of amides is 2. The Kier molecular flexibility index (Phi) is 6.06. The van der Waals surface area contributed by atoms with E-state index in [0.717, 1.165) is 16.5 Å². The molecule has 1 aromatic heterocycles. The number of H-pyrrole nitrogens is 1. The molecule has 0 unspecified atom stereocenters. The fourth-order valence-electron chi connectivity index (χ4n) is 2.96. The molecule has 0 aliphatic carbocycles. The zero-order valence-electron chi connectivity index (χ0n) is 15.5. The van der Waals surface area contributed by atoms with Crippen molar-refractivity contribution >= 4 is 34.4 Å². The normalized spacial score (nSPS) is 10.5. The average Bonchev–Trinajstić information content (AvgIpc) is 3.11. The highest BCUT2D eigenvalue weighted by atomic mass is 16.5. The maximum atomic E-state index is 12.1. The fourth-order valence-corrected chi connectivity index (χ4v) is 2.96. The van der Waals surface area contributed by atoms with Crippen LogP contribution in [0.5, 0.6) is 0 Å². The van der Waals surface area contributed by atoms with Crippen LogP contribution < -0.4 is 10.6 Å². The molecule has 28 heavy (non-hydrogen) atoms. The molecule has 7 nitrogen and oxygen atoms in total. The molecule has 0 spiro atoms. The third-order valence-corrected chi connectivity index (χ3v) is 4.32. The van der Waals surface area contributed by atoms with E-state index in [-0.39, 0.29) is 17.9 Å². The summed E-state index contributed by atoms with van der Waals surface area (Å²) in [5.74, 6) is -1.44. The maximum absolute atomic E-state index is 12.1. The van der Waals surface area contributed by atoms with Crippen molar-refractivity contribution in [2.24, 2.45) is 0 Å². The van der Waals surface area contributed by atoms with E-state index < -0.39 is 11.9 Å². The van der Waals surface area contributed by atoms with Gasteiger partial charge in [0.15, 0.2) is 0 Å². The Morgan fingerprint density at radius 3 is 2.57 bits per heavy atom. The van der Waals surface area contributed by atoms with Gasteiger partial charge in [-0.3, -0.25) is 9.59 Å². The average molecular weight is 379 g/mol. The number of nitrogens with one attached hydrogen (secondary N) is 3. The molecule has 0 aliphatic rings. The number of aromatic nitrogens is 1. The summed E-state index contributed by atoms with van der Waals surface area (Å²) in [6.45, 7) is 0.423. The van der Waals surface area contributed by atoms with E-state index in [1.165, 1.54) is 7.11 Å². The van der Waals surface area contributed by atoms with Crippen LogP contribution in [0, 0.1) is 0 Å². The largest absolute Gasteiger partial charge is 0.465 e. The second-order valence-corrected chi connectivity index (χ2v) is 6.22. The molecule has 2 amide bonds. The summed E-state index contributed by atoms with van der Waals surface area (Å²) >= 11 is 0. The zero-order chi connectivity index (χ0) is 19.9. The molecule has 3 aromatic rings. The van der Waals surface area contributed by atoms with Gasteiger partial charge in [-0.1, -0.05) is 30.3 Å². The molecule has 0 aliphatic heterocycles. The number of hydrogen-bond acceptors (Lipinski definition) is 4. The Morgan fingerprint density at radius 1 is 1.00 bits per heavy atom. The molecule has 0 saturated heterocycles. The van der Waals surface area contributed by atoms with E-state index in [0.29, 0.717) is 18.7 Å². The first-order valence-corrected chi connectivity index (χ1v) is 8.87. The number of hydrogen-bond donors (Lipinski definition) is 3. The van der Waals surface area contributed by atoms with E-state index in [1.54, 1.807) is 24.3 Å². The van der Waals surface area contributed by atoms with Gasteiger partial charge >= 0.3 is 5.97 Å². The molecule has 1 heterocycles. The number of carbonyl (C=O) groups is 3. The molecule has 3 N–H and O–H groups in total. The highest BCUT2D eigenvalue weighted by Gasteiger charge is 2.15. The van der Waals surface area contributed by atoms with Crippen LogP contribution in [0.3, 0.4) is 0 Å². The zero-order valence-corrected chi connectivity index (χ0v) is 15.5. The topological polar surface area (TPSA) is 100 Å². The summed E-state index contributed by atoms with van der Waals surface area (Å²) in [5.41, 5.74) is 2.70. The quantitative estimate of drug-likeness (QED) is 0.434. The van der Waals surface area contributed by atoms with Crippen molar-refractivity contribution in [2.45, 2.75) is 12.8 Å². The third kappa shape index (κ3) is 4.56. The van der Waals surface area contributed by atoms with Crippen LogP contribution in [0.4, 0.5) is 5.69 Å². The minimum Gasteiger partial charge on any atom is -0.465 e. The number of ether oxygens (including phenoxy) is 1. The lowest BCUT2D eigenvalue weighted by atomic mass is 10.1. The van der Waals surface area contributed by atoms with Crippen LogP contribution in [0.2, 0.25) is 0 Å². The van der Waals surface area contributed by atoms with E-state index in [9.17, 15) is 14.4 Å². The number of carbonyl (C=O) groups excluding carboxylic acids is 3. The Balaban J connectivity index is 1.50. The summed E-state index contributed by atoms with van der Waals surface area (Å²) in [5, 5.41) is 6.44. The molecule has 2 aromatic carbocycles. The minimum atomic E-state index is -0.556. The predicted octanol–water partition coefficient (Wildman–Crippen LogP) is 2.64. The number of methoxy groups -OCH3 is 1. The summed E-state index contributed by atoms with van der Waals surface area (Å²) in [6.07, 6.45) is 2.25. The van der Waals surface area contributed by atoms with Crippen LogP contribution in [0.15, 0.2) is 54.7 Å². The molecule has 0 saturated carbocycles. The first-order chi connectivity index (χ1) is 13.6. The van der Waals surface area contributed by atoms with Gasteiger partial charge in [-0.2, -0.15) is 0 Å². The van der Waals surface area contributed by atoms with Crippen molar-refractivity contribution in [1.29, 1.82) is 0 Å². The number of esters is 1. The Morgan fingerprint density at radius 2 is 1.75 bits per heavy atom. The van der Waals surface area contributed by atoms with E-state index >= 15 is 0 Å².